The molecule has 6 nitrogen and oxygen atoms in total. The Balaban J connectivity index is 1.72. The molecule has 0 aromatic heterocycles. The lowest BCUT2D eigenvalue weighted by molar-refractivity contribution is -0.117. The number of anilines is 2. The molecule has 0 unspecified atom stereocenters. The number of hydrogen-bond donors (Lipinski definition) is 0. The van der Waals surface area contributed by atoms with Crippen LogP contribution in [0.15, 0.2) is 83.8 Å². The molecule has 4 rings (SSSR count). The van der Waals surface area contributed by atoms with Crippen molar-refractivity contribution in [3.05, 3.63) is 84.4 Å². The highest BCUT2D eigenvalue weighted by Gasteiger charge is 2.34. The molecule has 0 N–H and O–H groups in total. The Morgan fingerprint density at radius 3 is 2.32 bits per heavy atom. The molecule has 7 heteroatoms. The molecule has 0 fully saturated rings. The highest BCUT2D eigenvalue weighted by Crippen LogP contribution is 2.33. The van der Waals surface area contributed by atoms with E-state index in [1.165, 1.54) is 12.1 Å². The number of para-hydroxylation sites is 1. The summed E-state index contributed by atoms with van der Waals surface area (Å²) in [6, 6.07) is 22.5. The fourth-order valence-electron chi connectivity index (χ4n) is 3.93. The first-order valence-electron chi connectivity index (χ1n) is 10.0. The van der Waals surface area contributed by atoms with E-state index in [0.717, 1.165) is 22.0 Å². The van der Waals surface area contributed by atoms with Crippen molar-refractivity contribution in [2.45, 2.75) is 24.3 Å². The predicted molar refractivity (Wildman–Crippen MR) is 121 cm³/mol. The highest BCUT2D eigenvalue weighted by atomic mass is 32.2. The van der Waals surface area contributed by atoms with E-state index in [1.54, 1.807) is 54.5 Å². The molecule has 0 saturated carbocycles. The summed E-state index contributed by atoms with van der Waals surface area (Å²) in [5.74, 6) is 0.335. The third-order valence-electron chi connectivity index (χ3n) is 5.45. The number of benzene rings is 3. The maximum atomic E-state index is 13.5. The van der Waals surface area contributed by atoms with E-state index in [-0.39, 0.29) is 23.4 Å². The van der Waals surface area contributed by atoms with Crippen molar-refractivity contribution in [1.82, 2.24) is 0 Å². The van der Waals surface area contributed by atoms with Gasteiger partial charge in [0.15, 0.2) is 0 Å². The van der Waals surface area contributed by atoms with Crippen molar-refractivity contribution in [2.75, 3.05) is 22.9 Å². The molecule has 3 aromatic carbocycles. The van der Waals surface area contributed by atoms with Gasteiger partial charge in [0.25, 0.3) is 10.0 Å². The van der Waals surface area contributed by atoms with Crippen LogP contribution < -0.4 is 13.9 Å². The monoisotopic (exact) mass is 436 g/mol. The Kier molecular flexibility index (Phi) is 5.69. The standard InChI is InChI=1S/C24H24N2O4S/c1-18-16-19-8-6-7-11-23(19)26(18)24(27)17-25(20-12-14-21(30-2)15-13-20)31(28,29)22-9-4-3-5-10-22/h3-15,18H,16-17H2,1-2H3/t18-/m1/s1. The van der Waals surface area contributed by atoms with Crippen molar-refractivity contribution in [1.29, 1.82) is 0 Å². The summed E-state index contributed by atoms with van der Waals surface area (Å²) in [6.45, 7) is 1.67. The van der Waals surface area contributed by atoms with Gasteiger partial charge in [0, 0.05) is 11.7 Å². The minimum Gasteiger partial charge on any atom is -0.497 e. The quantitative estimate of drug-likeness (QED) is 0.588. The number of nitrogens with zero attached hydrogens (tertiary/aromatic N) is 2. The number of methoxy groups -OCH3 is 1. The van der Waals surface area contributed by atoms with Gasteiger partial charge < -0.3 is 9.64 Å². The van der Waals surface area contributed by atoms with Crippen LogP contribution in [0.1, 0.15) is 12.5 Å². The lowest BCUT2D eigenvalue weighted by Gasteiger charge is -2.29. The smallest absolute Gasteiger partial charge is 0.264 e. The van der Waals surface area contributed by atoms with Crippen LogP contribution in [0.5, 0.6) is 5.75 Å². The van der Waals surface area contributed by atoms with Crippen LogP contribution in [0.3, 0.4) is 0 Å². The van der Waals surface area contributed by atoms with Crippen molar-refractivity contribution in [3.8, 4) is 5.75 Å². The Hall–Kier alpha value is -3.32. The lowest BCUT2D eigenvalue weighted by Crippen LogP contribution is -2.45. The third kappa shape index (κ3) is 4.01. The van der Waals surface area contributed by atoms with Gasteiger partial charge in [0.05, 0.1) is 17.7 Å². The van der Waals surface area contributed by atoms with Crippen LogP contribution in [0.2, 0.25) is 0 Å². The van der Waals surface area contributed by atoms with Gasteiger partial charge in [-0.3, -0.25) is 9.10 Å². The first-order chi connectivity index (χ1) is 14.9. The van der Waals surface area contributed by atoms with Crippen LogP contribution in [0.4, 0.5) is 11.4 Å². The Morgan fingerprint density at radius 1 is 1.00 bits per heavy atom. The summed E-state index contributed by atoms with van der Waals surface area (Å²) >= 11 is 0. The zero-order chi connectivity index (χ0) is 22.0. The van der Waals surface area contributed by atoms with E-state index in [9.17, 15) is 13.2 Å². The second-order valence-electron chi connectivity index (χ2n) is 7.47. The predicted octanol–water partition coefficient (Wildman–Crippen LogP) is 3.87. The van der Waals surface area contributed by atoms with Gasteiger partial charge in [-0.2, -0.15) is 0 Å². The molecule has 3 aromatic rings. The van der Waals surface area contributed by atoms with Crippen LogP contribution in [-0.4, -0.2) is 34.0 Å². The molecule has 0 bridgehead atoms. The second kappa shape index (κ2) is 8.43. The molecule has 0 spiro atoms. The zero-order valence-corrected chi connectivity index (χ0v) is 18.2. The molecule has 1 aliphatic rings. The van der Waals surface area contributed by atoms with Crippen molar-refractivity contribution < 1.29 is 17.9 Å². The average Bonchev–Trinajstić information content (AvgIpc) is 3.13. The second-order valence-corrected chi connectivity index (χ2v) is 9.33. The molecule has 0 aliphatic carbocycles. The molecule has 1 amide bonds. The fourth-order valence-corrected chi connectivity index (χ4v) is 5.36. The van der Waals surface area contributed by atoms with Crippen molar-refractivity contribution in [3.63, 3.8) is 0 Å². The zero-order valence-electron chi connectivity index (χ0n) is 17.4. The number of fused-ring (bicyclic) bond motifs is 1. The van der Waals surface area contributed by atoms with Crippen LogP contribution in [0.25, 0.3) is 0 Å². The third-order valence-corrected chi connectivity index (χ3v) is 7.23. The molecule has 31 heavy (non-hydrogen) atoms. The largest absolute Gasteiger partial charge is 0.497 e. The van der Waals surface area contributed by atoms with E-state index in [0.29, 0.717) is 11.4 Å². The summed E-state index contributed by atoms with van der Waals surface area (Å²) in [6.07, 6.45) is 0.746. The first-order valence-corrected chi connectivity index (χ1v) is 11.5. The van der Waals surface area contributed by atoms with Gasteiger partial charge in [-0.25, -0.2) is 8.42 Å². The SMILES string of the molecule is COc1ccc(N(CC(=O)N2c3ccccc3C[C@H]2C)S(=O)(=O)c2ccccc2)cc1. The molecule has 1 aliphatic heterocycles. The van der Waals surface area contributed by atoms with Crippen LogP contribution in [0, 0.1) is 0 Å². The summed E-state index contributed by atoms with van der Waals surface area (Å²) in [7, 11) is -2.40. The molecule has 1 heterocycles. The van der Waals surface area contributed by atoms with Crippen molar-refractivity contribution >= 4 is 27.3 Å². The summed E-state index contributed by atoms with van der Waals surface area (Å²) in [4.78, 5) is 15.2. The number of amides is 1. The van der Waals surface area contributed by atoms with Gasteiger partial charge in [-0.15, -0.1) is 0 Å². The van der Waals surface area contributed by atoms with Crippen LogP contribution in [-0.2, 0) is 21.2 Å². The Bertz CT molecular complexity index is 1180. The molecule has 0 saturated heterocycles. The number of ether oxygens (including phenoxy) is 1. The van der Waals surface area contributed by atoms with E-state index in [2.05, 4.69) is 0 Å². The normalized spacial score (nSPS) is 15.4. The minimum atomic E-state index is -3.95. The van der Waals surface area contributed by atoms with E-state index in [4.69, 9.17) is 4.74 Å². The number of rotatable bonds is 6. The number of sulfonamides is 1. The van der Waals surface area contributed by atoms with E-state index in [1.807, 2.05) is 31.2 Å². The van der Waals surface area contributed by atoms with E-state index >= 15 is 0 Å². The topological polar surface area (TPSA) is 66.9 Å². The number of hydrogen-bond acceptors (Lipinski definition) is 4. The highest BCUT2D eigenvalue weighted by molar-refractivity contribution is 7.92. The number of carbonyl (C=O) groups is 1. The first kappa shape index (κ1) is 20.9. The molecular formula is C24H24N2O4S. The Labute approximate surface area is 182 Å². The van der Waals surface area contributed by atoms with Crippen LogP contribution >= 0.6 is 0 Å². The van der Waals surface area contributed by atoms with Gasteiger partial charge in [-0.1, -0.05) is 36.4 Å². The maximum Gasteiger partial charge on any atom is 0.264 e. The van der Waals surface area contributed by atoms with Gasteiger partial charge in [-0.05, 0) is 61.4 Å². The van der Waals surface area contributed by atoms with Gasteiger partial charge in [0.2, 0.25) is 5.91 Å². The lowest BCUT2D eigenvalue weighted by atomic mass is 10.1. The molecule has 0 radical (unpaired) electrons. The van der Waals surface area contributed by atoms with Crippen molar-refractivity contribution in [2.24, 2.45) is 0 Å². The summed E-state index contributed by atoms with van der Waals surface area (Å²) in [5, 5.41) is 0. The summed E-state index contributed by atoms with van der Waals surface area (Å²) in [5.41, 5.74) is 2.33. The molecular weight excluding hydrogens is 412 g/mol. The summed E-state index contributed by atoms with van der Waals surface area (Å²) < 4.78 is 33.3. The van der Waals surface area contributed by atoms with E-state index < -0.39 is 10.0 Å². The maximum absolute atomic E-state index is 13.5. The van der Waals surface area contributed by atoms with Gasteiger partial charge >= 0.3 is 0 Å². The average molecular weight is 437 g/mol. The minimum absolute atomic E-state index is 0.0398. The molecule has 1 atom stereocenters. The molecule has 160 valence electrons. The Morgan fingerprint density at radius 2 is 1.65 bits per heavy atom. The fraction of sp³-hybridized carbons (Fsp3) is 0.208. The van der Waals surface area contributed by atoms with Gasteiger partial charge in [0.1, 0.15) is 12.3 Å². The number of carbonyl (C=O) groups excluding carboxylic acids is 1.